The van der Waals surface area contributed by atoms with Crippen molar-refractivity contribution in [2.24, 2.45) is 0 Å². The molecule has 0 unspecified atom stereocenters. The number of carbonyl (C=O) groups is 1. The quantitative estimate of drug-likeness (QED) is 0.771. The van der Waals surface area contributed by atoms with Gasteiger partial charge in [-0.15, -0.1) is 0 Å². The maximum absolute atomic E-state index is 11.8. The Morgan fingerprint density at radius 3 is 2.89 bits per heavy atom. The molecule has 18 heavy (non-hydrogen) atoms. The Bertz CT molecular complexity index is 578. The van der Waals surface area contributed by atoms with Gasteiger partial charge in [-0.05, 0) is 26.8 Å². The summed E-state index contributed by atoms with van der Waals surface area (Å²) in [6, 6.07) is 1.67. The Morgan fingerprint density at radius 1 is 1.44 bits per heavy atom. The summed E-state index contributed by atoms with van der Waals surface area (Å²) in [4.78, 5) is 20.1. The predicted octanol–water partition coefficient (Wildman–Crippen LogP) is 1.93. The van der Waals surface area contributed by atoms with Crippen LogP contribution in [0.3, 0.4) is 0 Å². The standard InChI is InChI=1S/C12H13N3O3/c1-4-17-12(16)10-7(2)18-15-11(10)9-5-6-13-8(3)14-9/h5-6H,4H2,1-3H3. The zero-order valence-electron chi connectivity index (χ0n) is 10.4. The van der Waals surface area contributed by atoms with Crippen LogP contribution in [0.4, 0.5) is 0 Å². The van der Waals surface area contributed by atoms with Gasteiger partial charge in [-0.2, -0.15) is 0 Å². The van der Waals surface area contributed by atoms with E-state index in [-0.39, 0.29) is 0 Å². The molecule has 0 aliphatic carbocycles. The molecule has 2 aromatic rings. The highest BCUT2D eigenvalue weighted by molar-refractivity contribution is 5.96. The third-order valence-corrected chi connectivity index (χ3v) is 2.36. The molecule has 0 saturated carbocycles. The Kier molecular flexibility index (Phi) is 3.36. The summed E-state index contributed by atoms with van der Waals surface area (Å²) in [5.74, 6) is 0.560. The smallest absolute Gasteiger partial charge is 0.344 e. The number of aromatic nitrogens is 3. The molecule has 0 bridgehead atoms. The van der Waals surface area contributed by atoms with Gasteiger partial charge in [-0.3, -0.25) is 0 Å². The van der Waals surface area contributed by atoms with Gasteiger partial charge >= 0.3 is 5.97 Å². The van der Waals surface area contributed by atoms with E-state index in [1.54, 1.807) is 33.0 Å². The summed E-state index contributed by atoms with van der Waals surface area (Å²) < 4.78 is 10.0. The van der Waals surface area contributed by atoms with Crippen molar-refractivity contribution in [3.8, 4) is 11.4 Å². The molecule has 0 aromatic carbocycles. The van der Waals surface area contributed by atoms with Gasteiger partial charge in [-0.25, -0.2) is 14.8 Å². The van der Waals surface area contributed by atoms with Crippen molar-refractivity contribution >= 4 is 5.97 Å². The minimum absolute atomic E-state index is 0.297. The van der Waals surface area contributed by atoms with Crippen LogP contribution in [-0.4, -0.2) is 27.7 Å². The van der Waals surface area contributed by atoms with Crippen LogP contribution in [-0.2, 0) is 4.74 Å². The van der Waals surface area contributed by atoms with E-state index < -0.39 is 5.97 Å². The Labute approximate surface area is 104 Å². The first kappa shape index (κ1) is 12.2. The van der Waals surface area contributed by atoms with Crippen molar-refractivity contribution < 1.29 is 14.1 Å². The number of carbonyl (C=O) groups excluding carboxylic acids is 1. The molecule has 0 aliphatic heterocycles. The van der Waals surface area contributed by atoms with Crippen LogP contribution in [0.1, 0.15) is 28.9 Å². The van der Waals surface area contributed by atoms with Crippen LogP contribution >= 0.6 is 0 Å². The van der Waals surface area contributed by atoms with Crippen molar-refractivity contribution in [1.82, 2.24) is 15.1 Å². The van der Waals surface area contributed by atoms with Gasteiger partial charge in [-0.1, -0.05) is 5.16 Å². The number of hydrogen-bond acceptors (Lipinski definition) is 6. The monoisotopic (exact) mass is 247 g/mol. The molecule has 0 saturated heterocycles. The second kappa shape index (κ2) is 4.95. The molecule has 0 fully saturated rings. The molecule has 0 aliphatic rings. The lowest BCUT2D eigenvalue weighted by Gasteiger charge is -2.02. The molecule has 0 radical (unpaired) electrons. The number of aryl methyl sites for hydroxylation is 2. The van der Waals surface area contributed by atoms with E-state index in [4.69, 9.17) is 9.26 Å². The van der Waals surface area contributed by atoms with Crippen LogP contribution in [0.15, 0.2) is 16.8 Å². The van der Waals surface area contributed by atoms with Gasteiger partial charge in [0.15, 0.2) is 0 Å². The summed E-state index contributed by atoms with van der Waals surface area (Å²) in [5, 5.41) is 3.86. The Balaban J connectivity index is 2.49. The molecule has 0 spiro atoms. The van der Waals surface area contributed by atoms with Crippen LogP contribution < -0.4 is 0 Å². The number of hydrogen-bond donors (Lipinski definition) is 0. The highest BCUT2D eigenvalue weighted by atomic mass is 16.5. The van der Waals surface area contributed by atoms with Crippen molar-refractivity contribution in [3.05, 3.63) is 29.4 Å². The molecule has 94 valence electrons. The third kappa shape index (κ3) is 2.22. The highest BCUT2D eigenvalue weighted by Crippen LogP contribution is 2.24. The average molecular weight is 247 g/mol. The first-order chi connectivity index (χ1) is 8.63. The average Bonchev–Trinajstić information content (AvgIpc) is 2.71. The minimum atomic E-state index is -0.456. The second-order valence-corrected chi connectivity index (χ2v) is 3.67. The normalized spacial score (nSPS) is 10.4. The third-order valence-electron chi connectivity index (χ3n) is 2.36. The van der Waals surface area contributed by atoms with Crippen LogP contribution in [0, 0.1) is 13.8 Å². The van der Waals surface area contributed by atoms with Gasteiger partial charge in [0.25, 0.3) is 0 Å². The van der Waals surface area contributed by atoms with E-state index in [0.717, 1.165) is 0 Å². The van der Waals surface area contributed by atoms with E-state index in [2.05, 4.69) is 15.1 Å². The maximum Gasteiger partial charge on any atom is 0.344 e. The van der Waals surface area contributed by atoms with Crippen LogP contribution in [0.2, 0.25) is 0 Å². The maximum atomic E-state index is 11.8. The number of nitrogens with zero attached hydrogens (tertiary/aromatic N) is 3. The van der Waals surface area contributed by atoms with Crippen molar-refractivity contribution in [2.45, 2.75) is 20.8 Å². The molecule has 6 nitrogen and oxygen atoms in total. The zero-order chi connectivity index (χ0) is 13.1. The van der Waals surface area contributed by atoms with E-state index in [9.17, 15) is 4.79 Å². The topological polar surface area (TPSA) is 78.1 Å². The fourth-order valence-electron chi connectivity index (χ4n) is 1.58. The predicted molar refractivity (Wildman–Crippen MR) is 63.0 cm³/mol. The lowest BCUT2D eigenvalue weighted by Crippen LogP contribution is -2.07. The fraction of sp³-hybridized carbons (Fsp3) is 0.333. The van der Waals surface area contributed by atoms with Gasteiger partial charge in [0, 0.05) is 6.20 Å². The van der Waals surface area contributed by atoms with Crippen LogP contribution in [0.25, 0.3) is 11.4 Å². The first-order valence-corrected chi connectivity index (χ1v) is 5.57. The molecule has 0 N–H and O–H groups in total. The highest BCUT2D eigenvalue weighted by Gasteiger charge is 2.23. The molecular formula is C12H13N3O3. The number of rotatable bonds is 3. The van der Waals surface area contributed by atoms with Gasteiger partial charge in [0.05, 0.1) is 12.3 Å². The first-order valence-electron chi connectivity index (χ1n) is 5.57. The van der Waals surface area contributed by atoms with Gasteiger partial charge in [0.2, 0.25) is 0 Å². The molecule has 2 heterocycles. The van der Waals surface area contributed by atoms with Crippen molar-refractivity contribution in [3.63, 3.8) is 0 Å². The lowest BCUT2D eigenvalue weighted by atomic mass is 10.1. The SMILES string of the molecule is CCOC(=O)c1c(-c2ccnc(C)n2)noc1C. The lowest BCUT2D eigenvalue weighted by molar-refractivity contribution is 0.0525. The molecule has 6 heteroatoms. The summed E-state index contributed by atoms with van der Waals surface area (Å²) in [5.41, 5.74) is 1.24. The summed E-state index contributed by atoms with van der Waals surface area (Å²) in [6.07, 6.45) is 1.61. The summed E-state index contributed by atoms with van der Waals surface area (Å²) in [6.45, 7) is 5.47. The van der Waals surface area contributed by atoms with E-state index in [1.807, 2.05) is 0 Å². The Morgan fingerprint density at radius 2 is 2.22 bits per heavy atom. The Hall–Kier alpha value is -2.24. The number of esters is 1. The van der Waals surface area contributed by atoms with Crippen LogP contribution in [0.5, 0.6) is 0 Å². The molecule has 0 amide bonds. The van der Waals surface area contributed by atoms with Gasteiger partial charge in [0.1, 0.15) is 22.8 Å². The largest absolute Gasteiger partial charge is 0.462 e. The van der Waals surface area contributed by atoms with Crippen molar-refractivity contribution in [1.29, 1.82) is 0 Å². The van der Waals surface area contributed by atoms with E-state index in [0.29, 0.717) is 35.1 Å². The molecular weight excluding hydrogens is 234 g/mol. The fourth-order valence-corrected chi connectivity index (χ4v) is 1.58. The summed E-state index contributed by atoms with van der Waals surface area (Å²) in [7, 11) is 0. The minimum Gasteiger partial charge on any atom is -0.462 e. The number of ether oxygens (including phenoxy) is 1. The van der Waals surface area contributed by atoms with E-state index >= 15 is 0 Å². The van der Waals surface area contributed by atoms with E-state index in [1.165, 1.54) is 0 Å². The molecule has 2 aromatic heterocycles. The molecule has 2 rings (SSSR count). The second-order valence-electron chi connectivity index (χ2n) is 3.67. The zero-order valence-corrected chi connectivity index (χ0v) is 10.4. The van der Waals surface area contributed by atoms with Crippen molar-refractivity contribution in [2.75, 3.05) is 6.61 Å². The summed E-state index contributed by atoms with van der Waals surface area (Å²) >= 11 is 0. The molecule has 0 atom stereocenters. The van der Waals surface area contributed by atoms with Gasteiger partial charge < -0.3 is 9.26 Å².